The Bertz CT molecular complexity index is 67.0. The molecule has 0 aromatic carbocycles. The van der Waals surface area contributed by atoms with E-state index in [0.717, 1.165) is 10.7 Å². The number of hydrogen-bond acceptors (Lipinski definition) is 0. The molecule has 0 rings (SSSR count). The first kappa shape index (κ1) is 11.4. The maximum atomic E-state index is 3.72. The predicted molar refractivity (Wildman–Crippen MR) is 60.8 cm³/mol. The van der Waals surface area contributed by atoms with E-state index in [9.17, 15) is 0 Å². The van der Waals surface area contributed by atoms with Crippen molar-refractivity contribution in [2.75, 3.05) is 10.7 Å². The molecule has 0 aliphatic rings. The molecule has 0 aliphatic heterocycles. The van der Waals surface area contributed by atoms with Crippen LogP contribution in [0.1, 0.15) is 0 Å². The number of alkyl halides is 2. The minimum absolute atomic E-state index is 1.09. The van der Waals surface area contributed by atoms with E-state index in [1.807, 2.05) is 0 Å². The molecule has 0 atom stereocenters. The Morgan fingerprint density at radius 3 is 1.44 bits per heavy atom. The Balaban J connectivity index is 3.43. The Morgan fingerprint density at radius 1 is 0.889 bits per heavy atom. The van der Waals surface area contributed by atoms with E-state index in [2.05, 4.69) is 60.1 Å². The molecule has 0 saturated carbocycles. The Kier molecular flexibility index (Phi) is 7.64. The molecule has 0 heterocycles. The Labute approximate surface area is 89.4 Å². The van der Waals surface area contributed by atoms with Gasteiger partial charge in [0.05, 0.1) is 0 Å². The van der Waals surface area contributed by atoms with E-state index >= 15 is 0 Å². The van der Waals surface area contributed by atoms with Gasteiger partial charge in [-0.1, -0.05) is 0 Å². The zero-order valence-electron chi connectivity index (χ0n) is 4.75. The maximum absolute atomic E-state index is 3.72. The summed E-state index contributed by atoms with van der Waals surface area (Å²) >= 11 is 14.3. The summed E-state index contributed by atoms with van der Waals surface area (Å²) in [5.41, 5.74) is 0. The van der Waals surface area contributed by atoms with Crippen LogP contribution in [0.3, 0.4) is 0 Å². The molecule has 0 radical (unpaired) electrons. The topological polar surface area (TPSA) is 0 Å². The Morgan fingerprint density at radius 2 is 1.22 bits per heavy atom. The third-order valence-corrected chi connectivity index (χ3v) is 14.0. The van der Waals surface area contributed by atoms with Crippen LogP contribution in [0.25, 0.3) is 0 Å². The fraction of sp³-hybridized carbons (Fsp3) is 1.00. The van der Waals surface area contributed by atoms with Crippen molar-refractivity contribution in [1.82, 2.24) is 0 Å². The van der Waals surface area contributed by atoms with Gasteiger partial charge in [-0.2, -0.15) is 0 Å². The molecule has 0 aromatic rings. The van der Waals surface area contributed by atoms with Crippen LogP contribution in [0.15, 0.2) is 0 Å². The van der Waals surface area contributed by atoms with Crippen molar-refractivity contribution in [2.24, 2.45) is 0 Å². The summed E-state index contributed by atoms with van der Waals surface area (Å²) in [6.45, 7) is 0. The third-order valence-electron chi connectivity index (χ3n) is 0.752. The molecule has 9 heavy (non-hydrogen) atoms. The first-order valence-electron chi connectivity index (χ1n) is 2.42. The van der Waals surface area contributed by atoms with Gasteiger partial charge in [-0.25, -0.2) is 0 Å². The molecule has 0 unspecified atom stereocenters. The summed E-state index contributed by atoms with van der Waals surface area (Å²) < 4.78 is 0. The zero-order valence-corrected chi connectivity index (χ0v) is 12.8. The molecule has 0 nitrogen and oxygen atoms in total. The van der Waals surface area contributed by atoms with Gasteiger partial charge in [-0.15, -0.1) is 0 Å². The average Bonchev–Trinajstić information content (AvgIpc) is 1.64. The number of halogens is 4. The monoisotopic (exact) mass is 452 g/mol. The molecule has 58 valence electrons. The molecule has 0 spiro atoms. The predicted octanol–water partition coefficient (Wildman–Crippen LogP) is 4.01. The summed E-state index contributed by atoms with van der Waals surface area (Å²) in [6.07, 6.45) is 0. The van der Waals surface area contributed by atoms with Crippen LogP contribution >= 0.6 is 60.1 Å². The van der Waals surface area contributed by atoms with Gasteiger partial charge in [-0.05, 0) is 0 Å². The molecular formula is C4H8Br4Se. The first-order valence-corrected chi connectivity index (χ1v) is 15.1. The summed E-state index contributed by atoms with van der Waals surface area (Å²) in [6, 6.07) is 0. The molecule has 0 aliphatic carbocycles. The van der Waals surface area contributed by atoms with Gasteiger partial charge >= 0.3 is 90.6 Å². The molecule has 0 saturated heterocycles. The SMILES string of the molecule is BrCC[Se](Br)(Br)CCBr. The molecular weight excluding hydrogens is 447 g/mol. The standard InChI is InChI=1S/C4H8Br4Se/c5-1-3-9(7,8)4-2-6/h1-4H2. The summed E-state index contributed by atoms with van der Waals surface area (Å²) in [4.78, 5) is 0. The van der Waals surface area contributed by atoms with Crippen LogP contribution in [0.2, 0.25) is 10.6 Å². The molecule has 0 fully saturated rings. The second-order valence-corrected chi connectivity index (χ2v) is 25.1. The van der Waals surface area contributed by atoms with Gasteiger partial charge in [-0.3, -0.25) is 0 Å². The quantitative estimate of drug-likeness (QED) is 0.445. The number of rotatable bonds is 4. The molecule has 5 heteroatoms. The number of hydrogen-bond donors (Lipinski definition) is 0. The summed E-state index contributed by atoms with van der Waals surface area (Å²) in [5.74, 6) is 0. The fourth-order valence-corrected chi connectivity index (χ4v) is 19.8. The van der Waals surface area contributed by atoms with E-state index in [0.29, 0.717) is 0 Å². The van der Waals surface area contributed by atoms with Crippen LogP contribution in [0, 0.1) is 0 Å². The van der Waals surface area contributed by atoms with E-state index in [1.54, 1.807) is 0 Å². The van der Waals surface area contributed by atoms with Gasteiger partial charge in [0.25, 0.3) is 0 Å². The molecule has 0 N–H and O–H groups in total. The summed E-state index contributed by atoms with van der Waals surface area (Å²) in [5, 5.41) is 4.69. The summed E-state index contributed by atoms with van der Waals surface area (Å²) in [7, 11) is -1.34. The van der Waals surface area contributed by atoms with Crippen molar-refractivity contribution in [3.8, 4) is 0 Å². The van der Waals surface area contributed by atoms with Crippen molar-refractivity contribution in [3.63, 3.8) is 0 Å². The second kappa shape index (κ2) is 6.01. The van der Waals surface area contributed by atoms with Gasteiger partial charge in [0.1, 0.15) is 0 Å². The fourth-order valence-electron chi connectivity index (χ4n) is 0.328. The van der Waals surface area contributed by atoms with E-state index in [1.165, 1.54) is 10.6 Å². The van der Waals surface area contributed by atoms with Crippen LogP contribution < -0.4 is 0 Å². The minimum atomic E-state index is -1.34. The molecule has 0 bridgehead atoms. The molecule has 0 aromatic heterocycles. The van der Waals surface area contributed by atoms with Crippen molar-refractivity contribution in [1.29, 1.82) is 0 Å². The van der Waals surface area contributed by atoms with Gasteiger partial charge < -0.3 is 0 Å². The third kappa shape index (κ3) is 6.82. The normalized spacial score (nSPS) is 13.8. The van der Waals surface area contributed by atoms with E-state index < -0.39 is 9.23 Å². The van der Waals surface area contributed by atoms with Crippen LogP contribution in [-0.2, 0) is 0 Å². The van der Waals surface area contributed by atoms with Crippen molar-refractivity contribution < 1.29 is 0 Å². The van der Waals surface area contributed by atoms with Gasteiger partial charge in [0, 0.05) is 0 Å². The van der Waals surface area contributed by atoms with Crippen molar-refractivity contribution in [3.05, 3.63) is 0 Å². The van der Waals surface area contributed by atoms with Crippen LogP contribution in [-0.4, -0.2) is 19.9 Å². The first-order chi connectivity index (χ1) is 4.12. The van der Waals surface area contributed by atoms with Crippen LogP contribution in [0.4, 0.5) is 0 Å². The van der Waals surface area contributed by atoms with E-state index in [4.69, 9.17) is 0 Å². The zero-order chi connectivity index (χ0) is 7.33. The van der Waals surface area contributed by atoms with Crippen molar-refractivity contribution in [2.45, 2.75) is 10.6 Å². The molecule has 0 amide bonds. The van der Waals surface area contributed by atoms with Crippen LogP contribution in [0.5, 0.6) is 0 Å². The second-order valence-electron chi connectivity index (χ2n) is 1.49. The van der Waals surface area contributed by atoms with Gasteiger partial charge in [0.15, 0.2) is 0 Å². The average molecular weight is 455 g/mol. The Hall–Kier alpha value is 2.44. The van der Waals surface area contributed by atoms with Gasteiger partial charge in [0.2, 0.25) is 0 Å². The van der Waals surface area contributed by atoms with Crippen molar-refractivity contribution >= 4 is 69.3 Å². The van der Waals surface area contributed by atoms with E-state index in [-0.39, 0.29) is 0 Å².